The van der Waals surface area contributed by atoms with Gasteiger partial charge in [-0.1, -0.05) is 6.07 Å². The standard InChI is InChI=1S/C16H9N3OS/c1-9(20)15-12-5-10(7-17)11(8-18)6-13(12)19-16(15)14-3-2-4-21-14/h2-6,19H,1H3. The molecule has 0 atom stereocenters. The number of benzene rings is 1. The van der Waals surface area contributed by atoms with Crippen molar-refractivity contribution in [2.45, 2.75) is 6.92 Å². The van der Waals surface area contributed by atoms with Crippen LogP contribution < -0.4 is 0 Å². The van der Waals surface area contributed by atoms with Crippen LogP contribution in [0, 0.1) is 22.7 Å². The third kappa shape index (κ3) is 2.01. The lowest BCUT2D eigenvalue weighted by molar-refractivity contribution is 0.102. The topological polar surface area (TPSA) is 80.4 Å². The first-order valence-corrected chi connectivity index (χ1v) is 7.08. The van der Waals surface area contributed by atoms with Crippen molar-refractivity contribution in [3.8, 4) is 22.7 Å². The molecule has 0 saturated heterocycles. The third-order valence-electron chi connectivity index (χ3n) is 3.30. The SMILES string of the molecule is CC(=O)c1c(-c2cccs2)[nH]c2cc(C#N)c(C#N)cc12. The number of carbonyl (C=O) groups is 1. The van der Waals surface area contributed by atoms with Gasteiger partial charge in [-0.3, -0.25) is 4.79 Å². The van der Waals surface area contributed by atoms with Gasteiger partial charge < -0.3 is 4.98 Å². The van der Waals surface area contributed by atoms with Crippen LogP contribution in [0.5, 0.6) is 0 Å². The molecule has 21 heavy (non-hydrogen) atoms. The normalized spacial score (nSPS) is 10.2. The molecule has 0 spiro atoms. The van der Waals surface area contributed by atoms with Gasteiger partial charge in [0.25, 0.3) is 0 Å². The Bertz CT molecular complexity index is 937. The van der Waals surface area contributed by atoms with Gasteiger partial charge >= 0.3 is 0 Å². The predicted molar refractivity (Wildman–Crippen MR) is 81.0 cm³/mol. The highest BCUT2D eigenvalue weighted by molar-refractivity contribution is 7.13. The number of aromatic nitrogens is 1. The van der Waals surface area contributed by atoms with Gasteiger partial charge in [-0.25, -0.2) is 0 Å². The summed E-state index contributed by atoms with van der Waals surface area (Å²) in [5, 5.41) is 20.9. The Hall–Kier alpha value is -2.89. The zero-order chi connectivity index (χ0) is 15.0. The van der Waals surface area contributed by atoms with E-state index in [0.717, 1.165) is 10.6 Å². The molecule has 0 aliphatic carbocycles. The Balaban J connectivity index is 2.42. The van der Waals surface area contributed by atoms with Crippen molar-refractivity contribution in [3.63, 3.8) is 0 Å². The van der Waals surface area contributed by atoms with Gasteiger partial charge in [-0.15, -0.1) is 11.3 Å². The van der Waals surface area contributed by atoms with Gasteiger partial charge in [-0.2, -0.15) is 10.5 Å². The molecule has 0 bridgehead atoms. The lowest BCUT2D eigenvalue weighted by Crippen LogP contribution is -1.93. The van der Waals surface area contributed by atoms with E-state index >= 15 is 0 Å². The van der Waals surface area contributed by atoms with Crippen molar-refractivity contribution in [2.75, 3.05) is 0 Å². The van der Waals surface area contributed by atoms with Crippen LogP contribution in [0.2, 0.25) is 0 Å². The minimum Gasteiger partial charge on any atom is -0.353 e. The number of nitriles is 2. The zero-order valence-electron chi connectivity index (χ0n) is 11.1. The summed E-state index contributed by atoms with van der Waals surface area (Å²) in [5.74, 6) is -0.0711. The molecule has 1 aromatic carbocycles. The molecular formula is C16H9N3OS. The van der Waals surface area contributed by atoms with Gasteiger partial charge in [0.05, 0.1) is 27.3 Å². The molecule has 1 N–H and O–H groups in total. The number of H-pyrrole nitrogens is 1. The molecule has 0 radical (unpaired) electrons. The van der Waals surface area contributed by atoms with Crippen molar-refractivity contribution >= 4 is 28.0 Å². The number of rotatable bonds is 2. The molecule has 0 aliphatic heterocycles. The van der Waals surface area contributed by atoms with Crippen molar-refractivity contribution in [1.29, 1.82) is 10.5 Å². The smallest absolute Gasteiger partial charge is 0.162 e. The van der Waals surface area contributed by atoms with E-state index in [1.165, 1.54) is 18.3 Å². The maximum atomic E-state index is 12.0. The molecule has 0 amide bonds. The van der Waals surface area contributed by atoms with E-state index in [0.29, 0.717) is 22.0 Å². The molecule has 3 rings (SSSR count). The molecule has 100 valence electrons. The van der Waals surface area contributed by atoms with Crippen molar-refractivity contribution in [1.82, 2.24) is 4.98 Å². The fraction of sp³-hybridized carbons (Fsp3) is 0.0625. The third-order valence-corrected chi connectivity index (χ3v) is 4.18. The number of nitrogens with one attached hydrogen (secondary N) is 1. The van der Waals surface area contributed by atoms with Crippen LogP contribution in [-0.2, 0) is 0 Å². The number of hydrogen-bond donors (Lipinski definition) is 1. The van der Waals surface area contributed by atoms with E-state index in [-0.39, 0.29) is 11.3 Å². The van der Waals surface area contributed by atoms with E-state index in [1.54, 1.807) is 12.1 Å². The molecule has 3 aromatic rings. The number of nitrogens with zero attached hydrogens (tertiary/aromatic N) is 2. The molecule has 2 heterocycles. The summed E-state index contributed by atoms with van der Waals surface area (Å²) in [6, 6.07) is 11.1. The Kier molecular flexibility index (Phi) is 3.06. The number of fused-ring (bicyclic) bond motifs is 1. The number of carbonyl (C=O) groups excluding carboxylic acids is 1. The lowest BCUT2D eigenvalue weighted by Gasteiger charge is -1.99. The quantitative estimate of drug-likeness (QED) is 0.728. The average molecular weight is 291 g/mol. The van der Waals surface area contributed by atoms with E-state index in [9.17, 15) is 4.79 Å². The maximum Gasteiger partial charge on any atom is 0.162 e. The second-order valence-electron chi connectivity index (χ2n) is 4.58. The first-order valence-electron chi connectivity index (χ1n) is 6.20. The maximum absolute atomic E-state index is 12.0. The van der Waals surface area contributed by atoms with Gasteiger partial charge in [0, 0.05) is 10.9 Å². The largest absolute Gasteiger partial charge is 0.353 e. The van der Waals surface area contributed by atoms with Crippen LogP contribution >= 0.6 is 11.3 Å². The van der Waals surface area contributed by atoms with Crippen LogP contribution in [0.1, 0.15) is 28.4 Å². The minimum absolute atomic E-state index is 0.0711. The lowest BCUT2D eigenvalue weighted by atomic mass is 10.0. The summed E-state index contributed by atoms with van der Waals surface area (Å²) in [6.07, 6.45) is 0. The van der Waals surface area contributed by atoms with E-state index in [4.69, 9.17) is 10.5 Å². The van der Waals surface area contributed by atoms with E-state index in [2.05, 4.69) is 4.98 Å². The van der Waals surface area contributed by atoms with Crippen LogP contribution in [0.25, 0.3) is 21.5 Å². The summed E-state index contributed by atoms with van der Waals surface area (Å²) in [7, 11) is 0. The molecule has 0 saturated carbocycles. The molecule has 2 aromatic heterocycles. The Morgan fingerprint density at radius 3 is 2.52 bits per heavy atom. The molecule has 4 nitrogen and oxygen atoms in total. The van der Waals surface area contributed by atoms with Crippen molar-refractivity contribution in [2.24, 2.45) is 0 Å². The van der Waals surface area contributed by atoms with E-state index in [1.807, 2.05) is 29.7 Å². The minimum atomic E-state index is -0.0711. The van der Waals surface area contributed by atoms with Crippen LogP contribution in [0.4, 0.5) is 0 Å². The Labute approximate surface area is 124 Å². The monoisotopic (exact) mass is 291 g/mol. The predicted octanol–water partition coefficient (Wildman–Crippen LogP) is 3.84. The highest BCUT2D eigenvalue weighted by Crippen LogP contribution is 2.34. The molecular weight excluding hydrogens is 282 g/mol. The molecule has 0 aliphatic rings. The second kappa shape index (κ2) is 4.90. The summed E-state index contributed by atoms with van der Waals surface area (Å²) in [4.78, 5) is 16.2. The van der Waals surface area contributed by atoms with Crippen LogP contribution in [0.3, 0.4) is 0 Å². The summed E-state index contributed by atoms with van der Waals surface area (Å²) >= 11 is 1.53. The number of aromatic amines is 1. The second-order valence-corrected chi connectivity index (χ2v) is 5.52. The summed E-state index contributed by atoms with van der Waals surface area (Å²) < 4.78 is 0. The Morgan fingerprint density at radius 2 is 1.95 bits per heavy atom. The van der Waals surface area contributed by atoms with Crippen molar-refractivity contribution in [3.05, 3.63) is 46.3 Å². The van der Waals surface area contributed by atoms with Crippen LogP contribution in [-0.4, -0.2) is 10.8 Å². The highest BCUT2D eigenvalue weighted by atomic mass is 32.1. The summed E-state index contributed by atoms with van der Waals surface area (Å²) in [6.45, 7) is 1.50. The molecule has 5 heteroatoms. The van der Waals surface area contributed by atoms with Crippen LogP contribution in [0.15, 0.2) is 29.6 Å². The van der Waals surface area contributed by atoms with Gasteiger partial charge in [0.2, 0.25) is 0 Å². The van der Waals surface area contributed by atoms with Crippen molar-refractivity contribution < 1.29 is 4.79 Å². The Morgan fingerprint density at radius 1 is 1.24 bits per heavy atom. The number of thiophene rings is 1. The molecule has 0 fully saturated rings. The van der Waals surface area contributed by atoms with Gasteiger partial charge in [-0.05, 0) is 30.5 Å². The fourth-order valence-electron chi connectivity index (χ4n) is 2.40. The van der Waals surface area contributed by atoms with E-state index < -0.39 is 0 Å². The van der Waals surface area contributed by atoms with Gasteiger partial charge in [0.15, 0.2) is 5.78 Å². The fourth-order valence-corrected chi connectivity index (χ4v) is 3.13. The zero-order valence-corrected chi connectivity index (χ0v) is 11.9. The average Bonchev–Trinajstić information content (AvgIpc) is 3.11. The number of hydrogen-bond acceptors (Lipinski definition) is 4. The number of Topliss-reactive ketones (excluding diaryl/α,β-unsaturated/α-hetero) is 1. The highest BCUT2D eigenvalue weighted by Gasteiger charge is 2.19. The summed E-state index contributed by atoms with van der Waals surface area (Å²) in [5.41, 5.74) is 2.59. The molecule has 0 unspecified atom stereocenters. The first kappa shape index (κ1) is 13.1. The first-order chi connectivity index (χ1) is 10.2. The number of ketones is 1. The van der Waals surface area contributed by atoms with Gasteiger partial charge in [0.1, 0.15) is 12.1 Å².